The molecule has 1 aromatic carbocycles. The number of phenolic OH excluding ortho intramolecular Hbond substituents is 1. The molecule has 1 aliphatic heterocycles. The summed E-state index contributed by atoms with van der Waals surface area (Å²) in [7, 11) is 0. The van der Waals surface area contributed by atoms with E-state index in [1.807, 2.05) is 0 Å². The smallest absolute Gasteiger partial charge is 0.471 e. The van der Waals surface area contributed by atoms with Crippen LogP contribution in [0.5, 0.6) is 5.75 Å². The minimum Gasteiger partial charge on any atom is -0.508 e. The molecular weight excluding hydrogens is 289 g/mol. The predicted molar refractivity (Wildman–Crippen MR) is 67.5 cm³/mol. The molecule has 1 aromatic rings. The molecule has 114 valence electrons. The second-order valence-electron chi connectivity index (χ2n) is 4.69. The van der Waals surface area contributed by atoms with E-state index in [2.05, 4.69) is 5.32 Å². The molecule has 0 bridgehead atoms. The second kappa shape index (κ2) is 5.63. The van der Waals surface area contributed by atoms with Crippen LogP contribution in [0.25, 0.3) is 0 Å². The van der Waals surface area contributed by atoms with Gasteiger partial charge in [-0.1, -0.05) is 6.07 Å². The number of aromatic hydroxyl groups is 1. The van der Waals surface area contributed by atoms with Crippen molar-refractivity contribution in [2.75, 3.05) is 11.9 Å². The lowest BCUT2D eigenvalue weighted by atomic mass is 10.2. The van der Waals surface area contributed by atoms with E-state index in [1.165, 1.54) is 24.3 Å². The van der Waals surface area contributed by atoms with Crippen molar-refractivity contribution < 1.29 is 27.9 Å². The third-order valence-corrected chi connectivity index (χ3v) is 3.17. The van der Waals surface area contributed by atoms with Gasteiger partial charge in [-0.25, -0.2) is 0 Å². The van der Waals surface area contributed by atoms with Crippen molar-refractivity contribution in [1.29, 1.82) is 0 Å². The highest BCUT2D eigenvalue weighted by molar-refractivity contribution is 5.98. The van der Waals surface area contributed by atoms with Gasteiger partial charge in [0.15, 0.2) is 0 Å². The minimum absolute atomic E-state index is 0.0811. The summed E-state index contributed by atoms with van der Waals surface area (Å²) in [5, 5.41) is 11.7. The Bertz CT molecular complexity index is 560. The summed E-state index contributed by atoms with van der Waals surface area (Å²) < 4.78 is 37.4. The number of phenols is 1. The van der Waals surface area contributed by atoms with Crippen LogP contribution in [-0.4, -0.2) is 40.6 Å². The van der Waals surface area contributed by atoms with E-state index in [9.17, 15) is 27.9 Å². The van der Waals surface area contributed by atoms with Crippen LogP contribution in [0.15, 0.2) is 24.3 Å². The van der Waals surface area contributed by atoms with E-state index in [0.717, 1.165) is 0 Å². The number of benzene rings is 1. The SMILES string of the molecule is O=C(Nc1cccc(O)c1)C1CCCN1C(=O)C(F)(F)F. The molecule has 8 heteroatoms. The summed E-state index contributed by atoms with van der Waals surface area (Å²) >= 11 is 0. The fourth-order valence-corrected chi connectivity index (χ4v) is 2.25. The third kappa shape index (κ3) is 3.45. The quantitative estimate of drug-likeness (QED) is 0.876. The molecule has 0 aromatic heterocycles. The van der Waals surface area contributed by atoms with Crippen molar-refractivity contribution in [3.63, 3.8) is 0 Å². The Morgan fingerprint density at radius 1 is 1.33 bits per heavy atom. The number of likely N-dealkylation sites (tertiary alicyclic amines) is 1. The molecule has 5 nitrogen and oxygen atoms in total. The molecule has 1 atom stereocenters. The van der Waals surface area contributed by atoms with E-state index in [4.69, 9.17) is 0 Å². The molecule has 2 amide bonds. The fourth-order valence-electron chi connectivity index (χ4n) is 2.25. The Hall–Kier alpha value is -2.25. The first-order chi connectivity index (χ1) is 9.79. The number of nitrogens with zero attached hydrogens (tertiary/aromatic N) is 1. The monoisotopic (exact) mass is 302 g/mol. The molecular formula is C13H13F3N2O3. The maximum absolute atomic E-state index is 12.5. The molecule has 1 saturated heterocycles. The first-order valence-corrected chi connectivity index (χ1v) is 6.27. The Morgan fingerprint density at radius 3 is 2.67 bits per heavy atom. The number of alkyl halides is 3. The average Bonchev–Trinajstić information content (AvgIpc) is 2.85. The van der Waals surface area contributed by atoms with Crippen LogP contribution in [0.3, 0.4) is 0 Å². The van der Waals surface area contributed by atoms with Crippen LogP contribution in [-0.2, 0) is 9.59 Å². The lowest BCUT2D eigenvalue weighted by Crippen LogP contribution is -2.48. The molecule has 0 spiro atoms. The highest BCUT2D eigenvalue weighted by Gasteiger charge is 2.47. The molecule has 1 unspecified atom stereocenters. The lowest BCUT2D eigenvalue weighted by molar-refractivity contribution is -0.186. The number of hydrogen-bond acceptors (Lipinski definition) is 3. The summed E-state index contributed by atoms with van der Waals surface area (Å²) in [6.07, 6.45) is -4.49. The van der Waals surface area contributed by atoms with Crippen molar-refractivity contribution in [1.82, 2.24) is 4.90 Å². The van der Waals surface area contributed by atoms with Gasteiger partial charge in [0.1, 0.15) is 11.8 Å². The topological polar surface area (TPSA) is 69.6 Å². The zero-order chi connectivity index (χ0) is 15.6. The average molecular weight is 302 g/mol. The number of rotatable bonds is 2. The Kier molecular flexibility index (Phi) is 4.06. The van der Waals surface area contributed by atoms with Crippen LogP contribution >= 0.6 is 0 Å². The van der Waals surface area contributed by atoms with E-state index < -0.39 is 24.0 Å². The summed E-state index contributed by atoms with van der Waals surface area (Å²) in [4.78, 5) is 23.8. The summed E-state index contributed by atoms with van der Waals surface area (Å²) in [6.45, 7) is -0.101. The molecule has 2 N–H and O–H groups in total. The summed E-state index contributed by atoms with van der Waals surface area (Å²) in [6, 6.07) is 4.48. The molecule has 1 aliphatic rings. The number of nitrogens with one attached hydrogen (secondary N) is 1. The lowest BCUT2D eigenvalue weighted by Gasteiger charge is -2.24. The van der Waals surface area contributed by atoms with Crippen molar-refractivity contribution in [3.05, 3.63) is 24.3 Å². The van der Waals surface area contributed by atoms with Crippen LogP contribution in [0.2, 0.25) is 0 Å². The van der Waals surface area contributed by atoms with Crippen molar-refractivity contribution >= 4 is 17.5 Å². The second-order valence-corrected chi connectivity index (χ2v) is 4.69. The van der Waals surface area contributed by atoms with Crippen LogP contribution in [0.1, 0.15) is 12.8 Å². The maximum atomic E-state index is 12.5. The van der Waals surface area contributed by atoms with Gasteiger partial charge in [0, 0.05) is 18.3 Å². The van der Waals surface area contributed by atoms with Gasteiger partial charge in [0.05, 0.1) is 0 Å². The Labute approximate surface area is 118 Å². The Morgan fingerprint density at radius 2 is 2.05 bits per heavy atom. The molecule has 1 fully saturated rings. The largest absolute Gasteiger partial charge is 0.508 e. The number of carbonyl (C=O) groups is 2. The normalized spacial score (nSPS) is 18.6. The van der Waals surface area contributed by atoms with Crippen LogP contribution in [0, 0.1) is 0 Å². The van der Waals surface area contributed by atoms with E-state index in [1.54, 1.807) is 0 Å². The number of hydrogen-bond donors (Lipinski definition) is 2. The number of amides is 2. The van der Waals surface area contributed by atoms with Crippen molar-refractivity contribution in [2.45, 2.75) is 25.1 Å². The fraction of sp³-hybridized carbons (Fsp3) is 0.385. The molecule has 21 heavy (non-hydrogen) atoms. The van der Waals surface area contributed by atoms with Gasteiger partial charge in [0.2, 0.25) is 5.91 Å². The summed E-state index contributed by atoms with van der Waals surface area (Å²) in [5.41, 5.74) is 0.256. The maximum Gasteiger partial charge on any atom is 0.471 e. The van der Waals surface area contributed by atoms with E-state index >= 15 is 0 Å². The predicted octanol–water partition coefficient (Wildman–Crippen LogP) is 1.88. The highest BCUT2D eigenvalue weighted by atomic mass is 19.4. The molecule has 0 radical (unpaired) electrons. The van der Waals surface area contributed by atoms with E-state index in [0.29, 0.717) is 11.3 Å². The van der Waals surface area contributed by atoms with Gasteiger partial charge in [-0.15, -0.1) is 0 Å². The number of carbonyl (C=O) groups excluding carboxylic acids is 2. The van der Waals surface area contributed by atoms with Gasteiger partial charge in [-0.2, -0.15) is 13.2 Å². The molecule has 0 aliphatic carbocycles. The van der Waals surface area contributed by atoms with Gasteiger partial charge in [0.25, 0.3) is 0 Å². The van der Waals surface area contributed by atoms with Gasteiger partial charge < -0.3 is 15.3 Å². The molecule has 2 rings (SSSR count). The number of halogens is 3. The first-order valence-electron chi connectivity index (χ1n) is 6.27. The van der Waals surface area contributed by atoms with Crippen molar-refractivity contribution in [2.24, 2.45) is 0 Å². The van der Waals surface area contributed by atoms with E-state index in [-0.39, 0.29) is 24.4 Å². The zero-order valence-corrected chi connectivity index (χ0v) is 10.9. The highest BCUT2D eigenvalue weighted by Crippen LogP contribution is 2.26. The minimum atomic E-state index is -4.99. The van der Waals surface area contributed by atoms with Gasteiger partial charge in [-0.05, 0) is 25.0 Å². The van der Waals surface area contributed by atoms with Crippen molar-refractivity contribution in [3.8, 4) is 5.75 Å². The molecule has 0 saturated carbocycles. The first kappa shape index (κ1) is 15.1. The molecule has 1 heterocycles. The summed E-state index contributed by atoms with van der Waals surface area (Å²) in [5.74, 6) is -2.78. The zero-order valence-electron chi connectivity index (χ0n) is 10.9. The van der Waals surface area contributed by atoms with Crippen LogP contribution < -0.4 is 5.32 Å². The van der Waals surface area contributed by atoms with Gasteiger partial charge >= 0.3 is 12.1 Å². The standard InChI is InChI=1S/C13H13F3N2O3/c14-13(15,16)12(21)18-6-2-5-10(18)11(20)17-8-3-1-4-9(19)7-8/h1,3-4,7,10,19H,2,5-6H2,(H,17,20). The third-order valence-electron chi connectivity index (χ3n) is 3.17. The Balaban J connectivity index is 2.09. The number of anilines is 1. The van der Waals surface area contributed by atoms with Crippen LogP contribution in [0.4, 0.5) is 18.9 Å². The van der Waals surface area contributed by atoms with Gasteiger partial charge in [-0.3, -0.25) is 9.59 Å².